The lowest BCUT2D eigenvalue weighted by Crippen LogP contribution is -2.23. The van der Waals surface area contributed by atoms with Crippen LogP contribution in [0.15, 0.2) is 54.7 Å². The molecule has 0 unspecified atom stereocenters. The molecular formula is C21H22N4O4. The highest BCUT2D eigenvalue weighted by Crippen LogP contribution is 2.32. The molecule has 8 heteroatoms. The molecule has 0 spiro atoms. The van der Waals surface area contributed by atoms with E-state index in [4.69, 9.17) is 14.2 Å². The number of esters is 1. The van der Waals surface area contributed by atoms with Gasteiger partial charge in [-0.25, -0.2) is 9.48 Å². The van der Waals surface area contributed by atoms with Crippen molar-refractivity contribution >= 4 is 11.7 Å². The van der Waals surface area contributed by atoms with Crippen molar-refractivity contribution in [2.75, 3.05) is 32.3 Å². The van der Waals surface area contributed by atoms with Crippen molar-refractivity contribution in [1.82, 2.24) is 15.0 Å². The molecule has 0 radical (unpaired) electrons. The monoisotopic (exact) mass is 394 g/mol. The van der Waals surface area contributed by atoms with Crippen molar-refractivity contribution in [2.24, 2.45) is 0 Å². The maximum Gasteiger partial charge on any atom is 0.337 e. The summed E-state index contributed by atoms with van der Waals surface area (Å²) in [6, 6.07) is 15.1. The van der Waals surface area contributed by atoms with Gasteiger partial charge < -0.3 is 19.1 Å². The molecule has 0 bridgehead atoms. The van der Waals surface area contributed by atoms with Gasteiger partial charge in [-0.05, 0) is 29.8 Å². The van der Waals surface area contributed by atoms with Crippen LogP contribution in [-0.4, -0.2) is 48.3 Å². The summed E-state index contributed by atoms with van der Waals surface area (Å²) in [5.74, 6) is 0.447. The fraction of sp³-hybridized carbons (Fsp3) is 0.286. The molecule has 1 aromatic heterocycles. The molecule has 1 fully saturated rings. The first-order valence-corrected chi connectivity index (χ1v) is 9.27. The molecule has 1 saturated heterocycles. The Balaban J connectivity index is 1.48. The summed E-state index contributed by atoms with van der Waals surface area (Å²) >= 11 is 0. The second-order valence-corrected chi connectivity index (χ2v) is 6.65. The maximum atomic E-state index is 11.5. The van der Waals surface area contributed by atoms with E-state index in [1.807, 2.05) is 42.6 Å². The van der Waals surface area contributed by atoms with E-state index in [-0.39, 0.29) is 12.2 Å². The first-order valence-electron chi connectivity index (χ1n) is 9.27. The van der Waals surface area contributed by atoms with E-state index in [1.165, 1.54) is 7.11 Å². The minimum atomic E-state index is -0.351. The number of hydrogen-bond donors (Lipinski definition) is 0. The number of aromatic nitrogens is 3. The van der Waals surface area contributed by atoms with Crippen LogP contribution in [0.25, 0.3) is 0 Å². The third-order valence-corrected chi connectivity index (χ3v) is 4.80. The van der Waals surface area contributed by atoms with Gasteiger partial charge in [0.15, 0.2) is 6.23 Å². The number of carbonyl (C=O) groups excluding carboxylic acids is 1. The Morgan fingerprint density at radius 1 is 1.21 bits per heavy atom. The first kappa shape index (κ1) is 18.9. The van der Waals surface area contributed by atoms with Crippen LogP contribution in [0.1, 0.15) is 27.8 Å². The number of methoxy groups -OCH3 is 2. The van der Waals surface area contributed by atoms with Crippen LogP contribution in [0, 0.1) is 0 Å². The molecule has 2 aromatic carbocycles. The zero-order chi connectivity index (χ0) is 20.2. The highest BCUT2D eigenvalue weighted by molar-refractivity contribution is 5.89. The Kier molecular flexibility index (Phi) is 5.44. The number of nitrogens with zero attached hydrogens (tertiary/aromatic N) is 4. The van der Waals surface area contributed by atoms with Crippen molar-refractivity contribution in [1.29, 1.82) is 0 Å². The molecule has 3 aromatic rings. The standard InChI is InChI=1S/C21H22N4O4/c1-27-18-5-3-4-17(12-18)25-10-11-29-20(25)19-14-24(23-22-19)13-15-6-8-16(9-7-15)21(26)28-2/h3-9,12,14,20H,10-11,13H2,1-2H3/t20-/m0/s1. The van der Waals surface area contributed by atoms with E-state index in [2.05, 4.69) is 15.2 Å². The third-order valence-electron chi connectivity index (χ3n) is 4.80. The van der Waals surface area contributed by atoms with E-state index >= 15 is 0 Å². The molecule has 0 aliphatic carbocycles. The van der Waals surface area contributed by atoms with Crippen LogP contribution < -0.4 is 9.64 Å². The Morgan fingerprint density at radius 3 is 2.79 bits per heavy atom. The molecule has 1 aliphatic rings. The van der Waals surface area contributed by atoms with E-state index in [0.29, 0.717) is 18.7 Å². The lowest BCUT2D eigenvalue weighted by atomic mass is 10.1. The Bertz CT molecular complexity index is 986. The van der Waals surface area contributed by atoms with Crippen molar-refractivity contribution in [3.63, 3.8) is 0 Å². The molecule has 8 nitrogen and oxygen atoms in total. The van der Waals surface area contributed by atoms with Crippen LogP contribution in [-0.2, 0) is 16.0 Å². The van der Waals surface area contributed by atoms with E-state index in [0.717, 1.165) is 29.2 Å². The summed E-state index contributed by atoms with van der Waals surface area (Å²) in [7, 11) is 3.02. The van der Waals surface area contributed by atoms with Gasteiger partial charge in [0.1, 0.15) is 11.4 Å². The second-order valence-electron chi connectivity index (χ2n) is 6.65. The molecule has 1 aliphatic heterocycles. The Labute approximate surface area is 168 Å². The van der Waals surface area contributed by atoms with Gasteiger partial charge in [0.25, 0.3) is 0 Å². The average molecular weight is 394 g/mol. The molecule has 4 rings (SSSR count). The van der Waals surface area contributed by atoms with Gasteiger partial charge in [0.2, 0.25) is 0 Å². The molecule has 0 N–H and O–H groups in total. The zero-order valence-corrected chi connectivity index (χ0v) is 16.3. The van der Waals surface area contributed by atoms with Crippen molar-refractivity contribution in [3.8, 4) is 5.75 Å². The van der Waals surface area contributed by atoms with E-state index in [9.17, 15) is 4.79 Å². The molecule has 1 atom stereocenters. The maximum absolute atomic E-state index is 11.5. The predicted molar refractivity (Wildman–Crippen MR) is 106 cm³/mol. The fourth-order valence-corrected chi connectivity index (χ4v) is 3.32. The SMILES string of the molecule is COC(=O)c1ccc(Cn2cc([C@@H]3OCCN3c3cccc(OC)c3)nn2)cc1. The minimum Gasteiger partial charge on any atom is -0.497 e. The zero-order valence-electron chi connectivity index (χ0n) is 16.3. The van der Waals surface area contributed by atoms with Crippen molar-refractivity contribution in [3.05, 3.63) is 71.5 Å². The molecule has 0 saturated carbocycles. The summed E-state index contributed by atoms with van der Waals surface area (Å²) in [5.41, 5.74) is 3.28. The van der Waals surface area contributed by atoms with Crippen LogP contribution in [0.2, 0.25) is 0 Å². The molecule has 150 valence electrons. The van der Waals surface area contributed by atoms with Crippen LogP contribution in [0.3, 0.4) is 0 Å². The van der Waals surface area contributed by atoms with Crippen LogP contribution in [0.4, 0.5) is 5.69 Å². The highest BCUT2D eigenvalue weighted by Gasteiger charge is 2.30. The van der Waals surface area contributed by atoms with Crippen LogP contribution in [0.5, 0.6) is 5.75 Å². The Hall–Kier alpha value is -3.39. The number of anilines is 1. The van der Waals surface area contributed by atoms with Gasteiger partial charge >= 0.3 is 5.97 Å². The number of ether oxygens (including phenoxy) is 3. The molecule has 0 amide bonds. The number of benzene rings is 2. The van der Waals surface area contributed by atoms with Crippen molar-refractivity contribution < 1.29 is 19.0 Å². The van der Waals surface area contributed by atoms with E-state index in [1.54, 1.807) is 23.9 Å². The minimum absolute atomic E-state index is 0.294. The highest BCUT2D eigenvalue weighted by atomic mass is 16.5. The largest absolute Gasteiger partial charge is 0.497 e. The topological polar surface area (TPSA) is 78.7 Å². The normalized spacial score (nSPS) is 16.1. The second kappa shape index (κ2) is 8.32. The summed E-state index contributed by atoms with van der Waals surface area (Å²) in [6.07, 6.45) is 1.59. The Morgan fingerprint density at radius 2 is 2.03 bits per heavy atom. The average Bonchev–Trinajstić information content (AvgIpc) is 3.43. The quantitative estimate of drug-likeness (QED) is 0.595. The van der Waals surface area contributed by atoms with Gasteiger partial charge in [0.05, 0.1) is 39.1 Å². The van der Waals surface area contributed by atoms with Gasteiger partial charge in [-0.3, -0.25) is 0 Å². The van der Waals surface area contributed by atoms with Gasteiger partial charge in [-0.15, -0.1) is 5.10 Å². The van der Waals surface area contributed by atoms with Gasteiger partial charge in [0, 0.05) is 18.3 Å². The lowest BCUT2D eigenvalue weighted by Gasteiger charge is -2.23. The number of hydrogen-bond acceptors (Lipinski definition) is 7. The molecule has 29 heavy (non-hydrogen) atoms. The van der Waals surface area contributed by atoms with E-state index < -0.39 is 0 Å². The third kappa shape index (κ3) is 4.07. The number of rotatable bonds is 6. The predicted octanol–water partition coefficient (Wildman–Crippen LogP) is 2.66. The first-order chi connectivity index (χ1) is 14.2. The fourth-order valence-electron chi connectivity index (χ4n) is 3.32. The summed E-state index contributed by atoms with van der Waals surface area (Å²) in [6.45, 7) is 1.92. The number of carbonyl (C=O) groups is 1. The summed E-state index contributed by atoms with van der Waals surface area (Å²) in [5, 5.41) is 8.55. The summed E-state index contributed by atoms with van der Waals surface area (Å²) in [4.78, 5) is 13.7. The van der Waals surface area contributed by atoms with Crippen molar-refractivity contribution in [2.45, 2.75) is 12.8 Å². The van der Waals surface area contributed by atoms with Gasteiger partial charge in [-0.2, -0.15) is 0 Å². The molecular weight excluding hydrogens is 372 g/mol. The van der Waals surface area contributed by atoms with Crippen LogP contribution >= 0.6 is 0 Å². The summed E-state index contributed by atoms with van der Waals surface area (Å²) < 4.78 is 17.7. The smallest absolute Gasteiger partial charge is 0.337 e. The molecule has 2 heterocycles. The van der Waals surface area contributed by atoms with Gasteiger partial charge in [-0.1, -0.05) is 23.4 Å². The lowest BCUT2D eigenvalue weighted by molar-refractivity contribution is 0.0600.